The maximum absolute atomic E-state index is 3.44. The van der Waals surface area contributed by atoms with Crippen molar-refractivity contribution >= 4 is 0 Å². The molecule has 0 amide bonds. The third-order valence-corrected chi connectivity index (χ3v) is 3.20. The van der Waals surface area contributed by atoms with Gasteiger partial charge in [0, 0.05) is 0 Å². The van der Waals surface area contributed by atoms with Gasteiger partial charge in [-0.25, -0.2) is 0 Å². The molecule has 0 heterocycles. The Labute approximate surface area is 83.3 Å². The lowest BCUT2D eigenvalue weighted by Crippen LogP contribution is -2.23. The fourth-order valence-corrected chi connectivity index (χ4v) is 2.47. The van der Waals surface area contributed by atoms with Gasteiger partial charge in [-0.05, 0) is 31.3 Å². The van der Waals surface area contributed by atoms with Crippen LogP contribution in [0.5, 0.6) is 0 Å². The number of nitrogens with one attached hydrogen (secondary N) is 1. The van der Waals surface area contributed by atoms with Gasteiger partial charge in [-0.2, -0.15) is 0 Å². The molecule has 0 aliphatic heterocycles. The van der Waals surface area contributed by atoms with Gasteiger partial charge in [0.1, 0.15) is 0 Å². The van der Waals surface area contributed by atoms with Gasteiger partial charge in [0.15, 0.2) is 0 Å². The molecule has 0 spiro atoms. The van der Waals surface area contributed by atoms with E-state index in [1.165, 1.54) is 45.1 Å². The zero-order chi connectivity index (χ0) is 9.52. The molecule has 0 saturated heterocycles. The number of rotatable bonds is 5. The largest absolute Gasteiger partial charge is 0.317 e. The molecule has 1 aliphatic rings. The summed E-state index contributed by atoms with van der Waals surface area (Å²) < 4.78 is 0. The van der Waals surface area contributed by atoms with Gasteiger partial charge in [0.05, 0.1) is 0 Å². The Balaban J connectivity index is 2.07. The Hall–Kier alpha value is -0.0400. The van der Waals surface area contributed by atoms with Crippen molar-refractivity contribution in [3.63, 3.8) is 0 Å². The van der Waals surface area contributed by atoms with Crippen LogP contribution in [0.1, 0.15) is 52.4 Å². The summed E-state index contributed by atoms with van der Waals surface area (Å²) in [6.07, 6.45) is 8.90. The molecule has 1 aliphatic carbocycles. The predicted octanol–water partition coefficient (Wildman–Crippen LogP) is 3.20. The Kier molecular flexibility index (Phi) is 5.45. The summed E-state index contributed by atoms with van der Waals surface area (Å²) in [5.74, 6) is 1.92. The second kappa shape index (κ2) is 6.42. The minimum atomic E-state index is 0.878. The highest BCUT2D eigenvalue weighted by atomic mass is 14.8. The molecule has 1 nitrogen and oxygen atoms in total. The van der Waals surface area contributed by atoms with Crippen molar-refractivity contribution in [2.24, 2.45) is 11.8 Å². The van der Waals surface area contributed by atoms with Crippen LogP contribution in [-0.4, -0.2) is 13.1 Å². The molecule has 0 aromatic rings. The summed E-state index contributed by atoms with van der Waals surface area (Å²) in [6.45, 7) is 6.91. The molecule has 1 N–H and O–H groups in total. The lowest BCUT2D eigenvalue weighted by atomic mass is 9.83. The summed E-state index contributed by atoms with van der Waals surface area (Å²) in [5.41, 5.74) is 0. The van der Waals surface area contributed by atoms with Crippen molar-refractivity contribution in [2.45, 2.75) is 52.4 Å². The molecular formula is C12H25N. The van der Waals surface area contributed by atoms with Gasteiger partial charge >= 0.3 is 0 Å². The van der Waals surface area contributed by atoms with E-state index in [2.05, 4.69) is 19.2 Å². The van der Waals surface area contributed by atoms with E-state index in [1.807, 2.05) is 0 Å². The van der Waals surface area contributed by atoms with Crippen LogP contribution in [0.3, 0.4) is 0 Å². The fraction of sp³-hybridized carbons (Fsp3) is 1.00. The smallest absolute Gasteiger partial charge is 0.00232 e. The molecule has 1 rings (SSSR count). The first-order valence-corrected chi connectivity index (χ1v) is 6.03. The molecule has 1 heteroatoms. The highest BCUT2D eigenvalue weighted by Gasteiger charge is 2.15. The molecule has 1 saturated carbocycles. The van der Waals surface area contributed by atoms with Crippen LogP contribution in [-0.2, 0) is 0 Å². The van der Waals surface area contributed by atoms with Gasteiger partial charge in [0.2, 0.25) is 0 Å². The van der Waals surface area contributed by atoms with E-state index in [0.717, 1.165) is 18.4 Å². The molecule has 0 radical (unpaired) electrons. The zero-order valence-corrected chi connectivity index (χ0v) is 9.31. The van der Waals surface area contributed by atoms with E-state index >= 15 is 0 Å². The number of hydrogen-bond donors (Lipinski definition) is 1. The number of hydrogen-bond acceptors (Lipinski definition) is 1. The monoisotopic (exact) mass is 183 g/mol. The fourth-order valence-electron chi connectivity index (χ4n) is 2.47. The summed E-state index contributed by atoms with van der Waals surface area (Å²) in [6, 6.07) is 0. The van der Waals surface area contributed by atoms with E-state index in [-0.39, 0.29) is 0 Å². The van der Waals surface area contributed by atoms with Gasteiger partial charge in [0.25, 0.3) is 0 Å². The van der Waals surface area contributed by atoms with E-state index < -0.39 is 0 Å². The van der Waals surface area contributed by atoms with Crippen LogP contribution in [0, 0.1) is 11.8 Å². The molecule has 1 atom stereocenters. The van der Waals surface area contributed by atoms with Crippen molar-refractivity contribution in [3.8, 4) is 0 Å². The van der Waals surface area contributed by atoms with E-state index in [4.69, 9.17) is 0 Å². The molecule has 0 bridgehead atoms. The maximum atomic E-state index is 3.44. The average Bonchev–Trinajstić information content (AvgIpc) is 2.16. The first kappa shape index (κ1) is 11.0. The molecule has 1 fully saturated rings. The van der Waals surface area contributed by atoms with Gasteiger partial charge in [-0.15, -0.1) is 0 Å². The van der Waals surface area contributed by atoms with Crippen LogP contribution < -0.4 is 5.32 Å². The first-order valence-electron chi connectivity index (χ1n) is 6.03. The van der Waals surface area contributed by atoms with Crippen LogP contribution in [0.25, 0.3) is 0 Å². The normalized spacial score (nSPS) is 21.7. The quantitative estimate of drug-likeness (QED) is 0.690. The SMILES string of the molecule is CCNCC(C)CC1CCCCC1. The van der Waals surface area contributed by atoms with Crippen molar-refractivity contribution in [1.82, 2.24) is 5.32 Å². The molecule has 78 valence electrons. The highest BCUT2D eigenvalue weighted by molar-refractivity contribution is 4.69. The molecular weight excluding hydrogens is 158 g/mol. The topological polar surface area (TPSA) is 12.0 Å². The van der Waals surface area contributed by atoms with Crippen molar-refractivity contribution in [1.29, 1.82) is 0 Å². The third kappa shape index (κ3) is 4.66. The second-order valence-electron chi connectivity index (χ2n) is 4.65. The first-order chi connectivity index (χ1) is 6.33. The van der Waals surface area contributed by atoms with Crippen LogP contribution in [0.15, 0.2) is 0 Å². The van der Waals surface area contributed by atoms with Crippen LogP contribution in [0.4, 0.5) is 0 Å². The van der Waals surface area contributed by atoms with Crippen LogP contribution in [0.2, 0.25) is 0 Å². The summed E-state index contributed by atoms with van der Waals surface area (Å²) in [7, 11) is 0. The molecule has 13 heavy (non-hydrogen) atoms. The van der Waals surface area contributed by atoms with E-state index in [9.17, 15) is 0 Å². The Morgan fingerprint density at radius 1 is 1.23 bits per heavy atom. The van der Waals surface area contributed by atoms with Crippen molar-refractivity contribution in [2.75, 3.05) is 13.1 Å². The Morgan fingerprint density at radius 3 is 2.54 bits per heavy atom. The van der Waals surface area contributed by atoms with Crippen LogP contribution >= 0.6 is 0 Å². The van der Waals surface area contributed by atoms with E-state index in [1.54, 1.807) is 0 Å². The predicted molar refractivity (Wildman–Crippen MR) is 58.9 cm³/mol. The van der Waals surface area contributed by atoms with Gasteiger partial charge < -0.3 is 5.32 Å². The highest BCUT2D eigenvalue weighted by Crippen LogP contribution is 2.28. The van der Waals surface area contributed by atoms with Crippen molar-refractivity contribution in [3.05, 3.63) is 0 Å². The molecule has 0 aromatic heterocycles. The zero-order valence-electron chi connectivity index (χ0n) is 9.31. The standard InChI is InChI=1S/C12H25N/c1-3-13-10-11(2)9-12-7-5-4-6-8-12/h11-13H,3-10H2,1-2H3. The van der Waals surface area contributed by atoms with Gasteiger partial charge in [-0.1, -0.05) is 46.0 Å². The summed E-state index contributed by atoms with van der Waals surface area (Å²) in [5, 5.41) is 3.44. The lowest BCUT2D eigenvalue weighted by Gasteiger charge is -2.24. The molecule has 0 aromatic carbocycles. The summed E-state index contributed by atoms with van der Waals surface area (Å²) in [4.78, 5) is 0. The molecule has 1 unspecified atom stereocenters. The second-order valence-corrected chi connectivity index (χ2v) is 4.65. The lowest BCUT2D eigenvalue weighted by molar-refractivity contribution is 0.292. The Bertz CT molecular complexity index is 116. The summed E-state index contributed by atoms with van der Waals surface area (Å²) >= 11 is 0. The van der Waals surface area contributed by atoms with Gasteiger partial charge in [-0.3, -0.25) is 0 Å². The third-order valence-electron chi connectivity index (χ3n) is 3.20. The van der Waals surface area contributed by atoms with E-state index in [0.29, 0.717) is 0 Å². The average molecular weight is 183 g/mol. The maximum Gasteiger partial charge on any atom is -0.00232 e. The Morgan fingerprint density at radius 2 is 1.92 bits per heavy atom. The minimum Gasteiger partial charge on any atom is -0.317 e. The van der Waals surface area contributed by atoms with Crippen molar-refractivity contribution < 1.29 is 0 Å². The minimum absolute atomic E-state index is 0.878.